The van der Waals surface area contributed by atoms with Gasteiger partial charge in [0, 0.05) is 45.1 Å². The molecule has 25 heavy (non-hydrogen) atoms. The number of carboxylic acids is 1. The lowest BCUT2D eigenvalue weighted by molar-refractivity contribution is -0.143. The lowest BCUT2D eigenvalue weighted by atomic mass is 10.1. The van der Waals surface area contributed by atoms with Gasteiger partial charge in [-0.15, -0.1) is 0 Å². The second kappa shape index (κ2) is 7.84. The van der Waals surface area contributed by atoms with Crippen LogP contribution in [0.4, 0.5) is 0 Å². The molecule has 1 amide bonds. The Morgan fingerprint density at radius 3 is 2.72 bits per heavy atom. The average Bonchev–Trinajstić information content (AvgIpc) is 3.01. The molecular formula is C16H20N6O3. The molecule has 0 aromatic carbocycles. The Labute approximate surface area is 144 Å². The summed E-state index contributed by atoms with van der Waals surface area (Å²) in [6, 6.07) is 3.59. The van der Waals surface area contributed by atoms with Crippen molar-refractivity contribution in [1.82, 2.24) is 30.2 Å². The first-order valence-corrected chi connectivity index (χ1v) is 8.08. The van der Waals surface area contributed by atoms with Gasteiger partial charge >= 0.3 is 5.97 Å². The van der Waals surface area contributed by atoms with E-state index in [1.54, 1.807) is 35.6 Å². The molecule has 3 rings (SSSR count). The van der Waals surface area contributed by atoms with Gasteiger partial charge in [-0.2, -0.15) is 15.4 Å². The van der Waals surface area contributed by atoms with Gasteiger partial charge in [-0.3, -0.25) is 19.5 Å². The van der Waals surface area contributed by atoms with E-state index in [9.17, 15) is 14.7 Å². The molecule has 9 heteroatoms. The van der Waals surface area contributed by atoms with E-state index >= 15 is 0 Å². The number of pyridine rings is 1. The number of nitrogens with one attached hydrogen (secondary N) is 1. The zero-order valence-electron chi connectivity index (χ0n) is 13.7. The van der Waals surface area contributed by atoms with Gasteiger partial charge in [-0.1, -0.05) is 0 Å². The molecule has 0 unspecified atom stereocenters. The van der Waals surface area contributed by atoms with Crippen LogP contribution >= 0.6 is 0 Å². The SMILES string of the molecule is O=C(O)[C@@H]1CN(Cc2cn[nH]n2)CCN(C(=O)Cc2ccncc2)C1. The Bertz CT molecular complexity index is 706. The molecule has 1 fully saturated rings. The molecule has 1 atom stereocenters. The molecule has 0 radical (unpaired) electrons. The maximum Gasteiger partial charge on any atom is 0.309 e. The third kappa shape index (κ3) is 4.60. The van der Waals surface area contributed by atoms with Gasteiger partial charge in [-0.25, -0.2) is 0 Å². The van der Waals surface area contributed by atoms with Gasteiger partial charge in [0.1, 0.15) is 0 Å². The van der Waals surface area contributed by atoms with Crippen LogP contribution in [-0.4, -0.2) is 73.4 Å². The van der Waals surface area contributed by atoms with Crippen LogP contribution < -0.4 is 0 Å². The molecule has 3 heterocycles. The van der Waals surface area contributed by atoms with E-state index in [0.717, 1.165) is 11.3 Å². The van der Waals surface area contributed by atoms with E-state index < -0.39 is 11.9 Å². The van der Waals surface area contributed by atoms with Crippen LogP contribution in [0.1, 0.15) is 11.3 Å². The molecule has 2 N–H and O–H groups in total. The van der Waals surface area contributed by atoms with E-state index in [1.807, 2.05) is 4.90 Å². The van der Waals surface area contributed by atoms with Crippen molar-refractivity contribution in [2.45, 2.75) is 13.0 Å². The first-order valence-electron chi connectivity index (χ1n) is 8.08. The predicted octanol–water partition coefficient (Wildman–Crippen LogP) is -0.213. The maximum absolute atomic E-state index is 12.6. The number of nitrogens with zero attached hydrogens (tertiary/aromatic N) is 5. The molecule has 0 spiro atoms. The summed E-state index contributed by atoms with van der Waals surface area (Å²) < 4.78 is 0. The number of rotatable bonds is 5. The predicted molar refractivity (Wildman–Crippen MR) is 87.3 cm³/mol. The topological polar surface area (TPSA) is 115 Å². The number of aromatic nitrogens is 4. The number of carbonyl (C=O) groups excluding carboxylic acids is 1. The monoisotopic (exact) mass is 344 g/mol. The minimum atomic E-state index is -0.895. The van der Waals surface area contributed by atoms with E-state index in [4.69, 9.17) is 0 Å². The number of hydrogen-bond donors (Lipinski definition) is 2. The van der Waals surface area contributed by atoms with E-state index in [1.165, 1.54) is 0 Å². The molecule has 0 bridgehead atoms. The summed E-state index contributed by atoms with van der Waals surface area (Å²) in [5.41, 5.74) is 1.62. The quantitative estimate of drug-likeness (QED) is 0.771. The number of carbonyl (C=O) groups is 2. The van der Waals surface area contributed by atoms with Crippen LogP contribution in [0.15, 0.2) is 30.7 Å². The zero-order valence-corrected chi connectivity index (χ0v) is 13.7. The molecule has 2 aromatic rings. The average molecular weight is 344 g/mol. The van der Waals surface area contributed by atoms with Crippen molar-refractivity contribution in [1.29, 1.82) is 0 Å². The number of carboxylic acid groups (broad SMARTS) is 1. The van der Waals surface area contributed by atoms with Gasteiger partial charge in [0.15, 0.2) is 0 Å². The molecule has 132 valence electrons. The second-order valence-corrected chi connectivity index (χ2v) is 6.10. The minimum Gasteiger partial charge on any atom is -0.481 e. The Kier molecular flexibility index (Phi) is 5.34. The highest BCUT2D eigenvalue weighted by molar-refractivity contribution is 5.80. The van der Waals surface area contributed by atoms with Gasteiger partial charge in [0.2, 0.25) is 5.91 Å². The van der Waals surface area contributed by atoms with Crippen molar-refractivity contribution < 1.29 is 14.7 Å². The van der Waals surface area contributed by atoms with Crippen molar-refractivity contribution in [2.24, 2.45) is 5.92 Å². The molecule has 1 aliphatic rings. The fourth-order valence-corrected chi connectivity index (χ4v) is 2.92. The van der Waals surface area contributed by atoms with Crippen LogP contribution in [-0.2, 0) is 22.6 Å². The van der Waals surface area contributed by atoms with Crippen molar-refractivity contribution in [2.75, 3.05) is 26.2 Å². The Balaban J connectivity index is 1.66. The van der Waals surface area contributed by atoms with Crippen molar-refractivity contribution >= 4 is 11.9 Å². The Hall–Kier alpha value is -2.81. The number of aromatic amines is 1. The fourth-order valence-electron chi connectivity index (χ4n) is 2.92. The van der Waals surface area contributed by atoms with Gasteiger partial charge in [0.05, 0.1) is 24.2 Å². The van der Waals surface area contributed by atoms with Gasteiger partial charge in [0.25, 0.3) is 0 Å². The van der Waals surface area contributed by atoms with Gasteiger partial charge in [-0.05, 0) is 17.7 Å². The standard InChI is InChI=1S/C16H20N6O3/c23-15(7-12-1-3-17-4-2-12)22-6-5-21(9-13(10-22)16(24)25)11-14-8-18-20-19-14/h1-4,8,13H,5-7,9-11H2,(H,24,25)(H,18,19,20)/t13-/m1/s1. The highest BCUT2D eigenvalue weighted by atomic mass is 16.4. The molecular weight excluding hydrogens is 324 g/mol. The zero-order chi connectivity index (χ0) is 17.6. The first kappa shape index (κ1) is 17.0. The normalized spacial score (nSPS) is 18.7. The molecule has 9 nitrogen and oxygen atoms in total. The van der Waals surface area contributed by atoms with E-state index in [0.29, 0.717) is 26.2 Å². The van der Waals surface area contributed by atoms with Crippen molar-refractivity contribution in [3.63, 3.8) is 0 Å². The molecule has 1 aliphatic heterocycles. The van der Waals surface area contributed by atoms with Crippen molar-refractivity contribution in [3.8, 4) is 0 Å². The van der Waals surface area contributed by atoms with Crippen LogP contribution in [0.5, 0.6) is 0 Å². The molecule has 0 aliphatic carbocycles. The van der Waals surface area contributed by atoms with Crippen LogP contribution in [0, 0.1) is 5.92 Å². The number of hydrogen-bond acceptors (Lipinski definition) is 6. The summed E-state index contributed by atoms with van der Waals surface area (Å²) in [6.07, 6.45) is 5.15. The van der Waals surface area contributed by atoms with E-state index in [-0.39, 0.29) is 18.9 Å². The first-order chi connectivity index (χ1) is 12.1. The molecule has 1 saturated heterocycles. The number of aliphatic carboxylic acids is 1. The highest BCUT2D eigenvalue weighted by Gasteiger charge is 2.30. The van der Waals surface area contributed by atoms with Crippen LogP contribution in [0.2, 0.25) is 0 Å². The van der Waals surface area contributed by atoms with Crippen molar-refractivity contribution in [3.05, 3.63) is 42.0 Å². The Morgan fingerprint density at radius 1 is 1.24 bits per heavy atom. The van der Waals surface area contributed by atoms with Gasteiger partial charge < -0.3 is 10.0 Å². The third-order valence-corrected chi connectivity index (χ3v) is 4.26. The molecule has 0 saturated carbocycles. The fraction of sp³-hybridized carbons (Fsp3) is 0.438. The lowest BCUT2D eigenvalue weighted by Crippen LogP contribution is -2.38. The number of amides is 1. The highest BCUT2D eigenvalue weighted by Crippen LogP contribution is 2.14. The summed E-state index contributed by atoms with van der Waals surface area (Å²) >= 11 is 0. The third-order valence-electron chi connectivity index (χ3n) is 4.26. The smallest absolute Gasteiger partial charge is 0.309 e. The van der Waals surface area contributed by atoms with E-state index in [2.05, 4.69) is 20.4 Å². The lowest BCUT2D eigenvalue weighted by Gasteiger charge is -2.22. The largest absolute Gasteiger partial charge is 0.481 e. The summed E-state index contributed by atoms with van der Waals surface area (Å²) in [4.78, 5) is 31.7. The van der Waals surface area contributed by atoms with Crippen LogP contribution in [0.25, 0.3) is 0 Å². The Morgan fingerprint density at radius 2 is 2.04 bits per heavy atom. The minimum absolute atomic E-state index is 0.0688. The number of H-pyrrole nitrogens is 1. The summed E-state index contributed by atoms with van der Waals surface area (Å²) in [5, 5.41) is 19.8. The molecule has 2 aromatic heterocycles. The maximum atomic E-state index is 12.6. The summed E-state index contributed by atoms with van der Waals surface area (Å²) in [6.45, 7) is 2.19. The van der Waals surface area contributed by atoms with Crippen LogP contribution in [0.3, 0.4) is 0 Å². The summed E-state index contributed by atoms with van der Waals surface area (Å²) in [7, 11) is 0. The second-order valence-electron chi connectivity index (χ2n) is 6.10. The summed E-state index contributed by atoms with van der Waals surface area (Å²) in [5.74, 6) is -1.59.